The highest BCUT2D eigenvalue weighted by molar-refractivity contribution is 5.99. The van der Waals surface area contributed by atoms with Crippen LogP contribution in [0.5, 0.6) is 17.2 Å². The molecule has 0 aliphatic rings. The number of ether oxygens (including phenoxy) is 3. The van der Waals surface area contributed by atoms with Crippen molar-refractivity contribution in [2.24, 2.45) is 0 Å². The van der Waals surface area contributed by atoms with Crippen molar-refractivity contribution < 1.29 is 23.5 Å². The fourth-order valence-corrected chi connectivity index (χ4v) is 3.02. The van der Waals surface area contributed by atoms with E-state index in [0.29, 0.717) is 28.8 Å². The average Bonchev–Trinajstić information content (AvgIpc) is 3.25. The lowest BCUT2D eigenvalue weighted by molar-refractivity contribution is 0.0660. The molecule has 8 heteroatoms. The zero-order valence-corrected chi connectivity index (χ0v) is 17.7. The molecule has 0 unspecified atom stereocenters. The van der Waals surface area contributed by atoms with Gasteiger partial charge in [0.05, 0.1) is 21.3 Å². The summed E-state index contributed by atoms with van der Waals surface area (Å²) in [5.74, 6) is 2.15. The van der Waals surface area contributed by atoms with Gasteiger partial charge < -0.3 is 23.6 Å². The Hall–Kier alpha value is -3.55. The Bertz CT molecular complexity index is 976. The summed E-state index contributed by atoms with van der Waals surface area (Å²) in [6.45, 7) is 3.99. The molecule has 0 aliphatic heterocycles. The van der Waals surface area contributed by atoms with Gasteiger partial charge in [0.1, 0.15) is 29.4 Å². The van der Waals surface area contributed by atoms with Crippen molar-refractivity contribution in [1.29, 1.82) is 0 Å². The van der Waals surface area contributed by atoms with E-state index in [1.165, 1.54) is 14.2 Å². The van der Waals surface area contributed by atoms with E-state index in [9.17, 15) is 4.79 Å². The molecule has 2 aromatic carbocycles. The number of hydrogen-bond donors (Lipinski definition) is 0. The van der Waals surface area contributed by atoms with Gasteiger partial charge in [0.2, 0.25) is 11.7 Å². The summed E-state index contributed by atoms with van der Waals surface area (Å²) >= 11 is 0. The summed E-state index contributed by atoms with van der Waals surface area (Å²) in [6.07, 6.45) is 0. The summed E-state index contributed by atoms with van der Waals surface area (Å²) in [4.78, 5) is 19.4. The largest absolute Gasteiger partial charge is 0.497 e. The third-order valence-corrected chi connectivity index (χ3v) is 4.65. The van der Waals surface area contributed by atoms with Gasteiger partial charge in [0.15, 0.2) is 0 Å². The van der Waals surface area contributed by atoms with E-state index >= 15 is 0 Å². The monoisotopic (exact) mass is 411 g/mol. The zero-order valence-electron chi connectivity index (χ0n) is 17.7. The second-order valence-electron chi connectivity index (χ2n) is 6.80. The second kappa shape index (κ2) is 9.30. The summed E-state index contributed by atoms with van der Waals surface area (Å²) in [7, 11) is 4.64. The fourth-order valence-electron chi connectivity index (χ4n) is 3.02. The Morgan fingerprint density at radius 3 is 2.17 bits per heavy atom. The molecule has 0 bridgehead atoms. The summed E-state index contributed by atoms with van der Waals surface area (Å²) < 4.78 is 21.3. The Morgan fingerprint density at radius 2 is 1.63 bits per heavy atom. The minimum Gasteiger partial charge on any atom is -0.497 e. The molecule has 1 aromatic heterocycles. The van der Waals surface area contributed by atoms with E-state index in [1.807, 2.05) is 38.1 Å². The molecule has 3 rings (SSSR count). The third kappa shape index (κ3) is 4.37. The van der Waals surface area contributed by atoms with E-state index in [0.717, 1.165) is 11.3 Å². The Morgan fingerprint density at radius 1 is 1.00 bits per heavy atom. The molecule has 1 amide bonds. The lowest BCUT2D eigenvalue weighted by Gasteiger charge is -2.26. The predicted octanol–water partition coefficient (Wildman–Crippen LogP) is 3.81. The van der Waals surface area contributed by atoms with E-state index in [-0.39, 0.29) is 18.5 Å². The number of methoxy groups -OCH3 is 3. The molecule has 1 heterocycles. The first-order valence-corrected chi connectivity index (χ1v) is 9.47. The molecule has 0 saturated heterocycles. The average molecular weight is 411 g/mol. The lowest BCUT2D eigenvalue weighted by atomic mass is 10.1. The van der Waals surface area contributed by atoms with Crippen LogP contribution in [0, 0.1) is 0 Å². The fraction of sp³-hybridized carbons (Fsp3) is 0.318. The molecule has 0 atom stereocenters. The van der Waals surface area contributed by atoms with Crippen LogP contribution < -0.4 is 14.2 Å². The minimum atomic E-state index is -0.247. The van der Waals surface area contributed by atoms with Crippen LogP contribution in [0.4, 0.5) is 0 Å². The molecule has 8 nitrogen and oxygen atoms in total. The summed E-state index contributed by atoms with van der Waals surface area (Å²) in [5, 5.41) is 4.04. The van der Waals surface area contributed by atoms with E-state index in [2.05, 4.69) is 10.1 Å². The van der Waals surface area contributed by atoms with Gasteiger partial charge in [0.25, 0.3) is 5.91 Å². The van der Waals surface area contributed by atoms with Crippen molar-refractivity contribution in [3.8, 4) is 28.6 Å². The highest BCUT2D eigenvalue weighted by Gasteiger charge is 2.27. The highest BCUT2D eigenvalue weighted by atomic mass is 16.5. The number of aromatic nitrogens is 2. The number of amides is 1. The first-order chi connectivity index (χ1) is 14.5. The van der Waals surface area contributed by atoms with Crippen LogP contribution in [-0.4, -0.2) is 48.3 Å². The maximum absolute atomic E-state index is 13.4. The minimum absolute atomic E-state index is 0.122. The van der Waals surface area contributed by atoms with Crippen LogP contribution in [0.2, 0.25) is 0 Å². The quantitative estimate of drug-likeness (QED) is 0.557. The van der Waals surface area contributed by atoms with Gasteiger partial charge in [-0.1, -0.05) is 11.2 Å². The van der Waals surface area contributed by atoms with Crippen molar-refractivity contribution in [3.63, 3.8) is 0 Å². The molecule has 0 fully saturated rings. The smallest absolute Gasteiger partial charge is 0.262 e. The van der Waals surface area contributed by atoms with Crippen LogP contribution in [0.25, 0.3) is 11.4 Å². The maximum atomic E-state index is 13.4. The molecule has 0 N–H and O–H groups in total. The lowest BCUT2D eigenvalue weighted by Crippen LogP contribution is -2.37. The van der Waals surface area contributed by atoms with Gasteiger partial charge in [-0.05, 0) is 50.2 Å². The zero-order chi connectivity index (χ0) is 21.7. The van der Waals surface area contributed by atoms with Gasteiger partial charge in [-0.3, -0.25) is 4.79 Å². The molecule has 3 aromatic rings. The van der Waals surface area contributed by atoms with Crippen molar-refractivity contribution in [1.82, 2.24) is 15.0 Å². The second-order valence-corrected chi connectivity index (χ2v) is 6.80. The number of carbonyl (C=O) groups excluding carboxylic acids is 1. The molecule has 0 radical (unpaired) electrons. The van der Waals surface area contributed by atoms with Crippen molar-refractivity contribution >= 4 is 5.91 Å². The van der Waals surface area contributed by atoms with Crippen molar-refractivity contribution in [2.75, 3.05) is 21.3 Å². The van der Waals surface area contributed by atoms with Crippen LogP contribution in [0.3, 0.4) is 0 Å². The molecule has 158 valence electrons. The highest BCUT2D eigenvalue weighted by Crippen LogP contribution is 2.30. The van der Waals surface area contributed by atoms with E-state index in [1.54, 1.807) is 30.2 Å². The van der Waals surface area contributed by atoms with Crippen LogP contribution in [0.1, 0.15) is 30.1 Å². The van der Waals surface area contributed by atoms with E-state index in [4.69, 9.17) is 18.7 Å². The SMILES string of the molecule is COc1ccc(-c2noc(CN(C(=O)c3c(OC)cccc3OC)C(C)C)n2)cc1. The first-order valence-electron chi connectivity index (χ1n) is 9.47. The standard InChI is InChI=1S/C22H25N3O5/c1-14(2)25(22(26)20-17(28-4)7-6-8-18(20)29-5)13-19-23-21(24-30-19)15-9-11-16(27-3)12-10-15/h6-12,14H,13H2,1-5H3. The number of nitrogens with zero attached hydrogens (tertiary/aromatic N) is 3. The maximum Gasteiger partial charge on any atom is 0.262 e. The molecular weight excluding hydrogens is 386 g/mol. The normalized spacial score (nSPS) is 10.7. The first kappa shape index (κ1) is 21.2. The van der Waals surface area contributed by atoms with Crippen LogP contribution in [0.15, 0.2) is 47.0 Å². The molecular formula is C22H25N3O5. The number of rotatable bonds is 8. The van der Waals surface area contributed by atoms with Crippen LogP contribution in [-0.2, 0) is 6.54 Å². The van der Waals surface area contributed by atoms with Crippen LogP contribution >= 0.6 is 0 Å². The molecule has 0 spiro atoms. The van der Waals surface area contributed by atoms with Gasteiger partial charge in [-0.25, -0.2) is 0 Å². The molecule has 0 aliphatic carbocycles. The number of hydrogen-bond acceptors (Lipinski definition) is 7. The van der Waals surface area contributed by atoms with Gasteiger partial charge in [-0.15, -0.1) is 0 Å². The number of benzene rings is 2. The molecule has 0 saturated carbocycles. The summed E-state index contributed by atoms with van der Waals surface area (Å²) in [5.41, 5.74) is 1.14. The summed E-state index contributed by atoms with van der Waals surface area (Å²) in [6, 6.07) is 12.4. The predicted molar refractivity (Wildman–Crippen MR) is 111 cm³/mol. The van der Waals surface area contributed by atoms with Gasteiger partial charge >= 0.3 is 0 Å². The Labute approximate surface area is 175 Å². The van der Waals surface area contributed by atoms with Gasteiger partial charge in [0, 0.05) is 11.6 Å². The molecule has 30 heavy (non-hydrogen) atoms. The van der Waals surface area contributed by atoms with E-state index < -0.39 is 0 Å². The van der Waals surface area contributed by atoms with Crippen molar-refractivity contribution in [2.45, 2.75) is 26.4 Å². The Kier molecular flexibility index (Phi) is 6.56. The number of carbonyl (C=O) groups is 1. The van der Waals surface area contributed by atoms with Gasteiger partial charge in [-0.2, -0.15) is 4.98 Å². The van der Waals surface area contributed by atoms with Crippen molar-refractivity contribution in [3.05, 3.63) is 53.9 Å². The third-order valence-electron chi connectivity index (χ3n) is 4.65. The topological polar surface area (TPSA) is 86.9 Å². The Balaban J connectivity index is 1.87.